The third-order valence-corrected chi connectivity index (χ3v) is 6.62. The molecule has 9 heteroatoms. The van der Waals surface area contributed by atoms with Crippen LogP contribution in [0.15, 0.2) is 27.6 Å². The van der Waals surface area contributed by atoms with Gasteiger partial charge in [-0.15, -0.1) is 0 Å². The summed E-state index contributed by atoms with van der Waals surface area (Å²) in [7, 11) is -2.25. The molecule has 1 saturated heterocycles. The second-order valence-electron chi connectivity index (χ2n) is 5.84. The molecule has 1 aromatic carbocycles. The van der Waals surface area contributed by atoms with Gasteiger partial charge in [-0.25, -0.2) is 8.42 Å². The summed E-state index contributed by atoms with van der Waals surface area (Å²) >= 11 is 3.29. The molecule has 0 unspecified atom stereocenters. The van der Waals surface area contributed by atoms with E-state index in [2.05, 4.69) is 21.2 Å². The molecule has 1 aliphatic heterocycles. The first-order chi connectivity index (χ1) is 11.9. The number of aliphatic hydroxyl groups excluding tert-OH is 1. The number of benzene rings is 1. The smallest absolute Gasteiger partial charge is 0.246 e. The zero-order chi connectivity index (χ0) is 18.4. The Morgan fingerprint density at radius 3 is 2.68 bits per heavy atom. The minimum Gasteiger partial charge on any atom is -0.495 e. The van der Waals surface area contributed by atoms with Crippen molar-refractivity contribution in [1.82, 2.24) is 9.62 Å². The van der Waals surface area contributed by atoms with Crippen molar-refractivity contribution in [3.63, 3.8) is 0 Å². The number of sulfonamides is 1. The third-order valence-electron chi connectivity index (χ3n) is 4.20. The van der Waals surface area contributed by atoms with Crippen LogP contribution in [0.3, 0.4) is 0 Å². The zero-order valence-electron chi connectivity index (χ0n) is 14.1. The van der Waals surface area contributed by atoms with Gasteiger partial charge >= 0.3 is 0 Å². The van der Waals surface area contributed by atoms with Gasteiger partial charge in [0.15, 0.2) is 0 Å². The van der Waals surface area contributed by atoms with Gasteiger partial charge in [-0.1, -0.05) is 15.9 Å². The average molecular weight is 435 g/mol. The number of carbonyl (C=O) groups is 1. The fourth-order valence-corrected chi connectivity index (χ4v) is 4.95. The van der Waals surface area contributed by atoms with Crippen molar-refractivity contribution < 1.29 is 23.1 Å². The van der Waals surface area contributed by atoms with Crippen molar-refractivity contribution in [1.29, 1.82) is 0 Å². The van der Waals surface area contributed by atoms with Gasteiger partial charge in [0, 0.05) is 36.6 Å². The second kappa shape index (κ2) is 8.98. The van der Waals surface area contributed by atoms with Crippen molar-refractivity contribution in [2.45, 2.75) is 24.2 Å². The Morgan fingerprint density at radius 2 is 2.08 bits per heavy atom. The highest BCUT2D eigenvalue weighted by Crippen LogP contribution is 2.31. The molecule has 0 aliphatic carbocycles. The van der Waals surface area contributed by atoms with Crippen LogP contribution < -0.4 is 10.1 Å². The van der Waals surface area contributed by atoms with Crippen LogP contribution in [0.25, 0.3) is 0 Å². The van der Waals surface area contributed by atoms with E-state index in [1.807, 2.05) is 0 Å². The molecule has 2 rings (SSSR count). The Morgan fingerprint density at radius 1 is 1.40 bits per heavy atom. The number of ether oxygens (including phenoxy) is 1. The largest absolute Gasteiger partial charge is 0.495 e. The zero-order valence-corrected chi connectivity index (χ0v) is 16.5. The van der Waals surface area contributed by atoms with Crippen LogP contribution in [0.2, 0.25) is 0 Å². The summed E-state index contributed by atoms with van der Waals surface area (Å²) in [4.78, 5) is 12.2. The van der Waals surface area contributed by atoms with Gasteiger partial charge in [0.2, 0.25) is 15.9 Å². The van der Waals surface area contributed by atoms with E-state index in [0.29, 0.717) is 36.0 Å². The Hall–Kier alpha value is -1.16. The molecule has 1 fully saturated rings. The van der Waals surface area contributed by atoms with Gasteiger partial charge in [-0.3, -0.25) is 4.79 Å². The number of halogens is 1. The highest BCUT2D eigenvalue weighted by molar-refractivity contribution is 9.10. The number of rotatable bonds is 7. The summed E-state index contributed by atoms with van der Waals surface area (Å²) in [6.45, 7) is 1.04. The van der Waals surface area contributed by atoms with E-state index in [1.165, 1.54) is 17.5 Å². The molecule has 0 saturated carbocycles. The van der Waals surface area contributed by atoms with Gasteiger partial charge in [0.05, 0.1) is 7.11 Å². The molecule has 0 radical (unpaired) electrons. The molecule has 2 N–H and O–H groups in total. The first-order valence-electron chi connectivity index (χ1n) is 8.12. The Balaban J connectivity index is 2.04. The minimum atomic E-state index is -3.68. The van der Waals surface area contributed by atoms with E-state index in [0.717, 1.165) is 0 Å². The van der Waals surface area contributed by atoms with Crippen LogP contribution in [0.5, 0.6) is 5.75 Å². The lowest BCUT2D eigenvalue weighted by Gasteiger charge is -2.31. The lowest BCUT2D eigenvalue weighted by Crippen LogP contribution is -2.43. The maximum Gasteiger partial charge on any atom is 0.246 e. The van der Waals surface area contributed by atoms with Crippen LogP contribution in [0, 0.1) is 5.92 Å². The SMILES string of the molecule is COc1ccc(Br)cc1S(=O)(=O)N1CCC(C(=O)NCCCO)CC1. The number of nitrogens with zero attached hydrogens (tertiary/aromatic N) is 1. The lowest BCUT2D eigenvalue weighted by molar-refractivity contribution is -0.126. The highest BCUT2D eigenvalue weighted by Gasteiger charge is 2.33. The van der Waals surface area contributed by atoms with E-state index in [-0.39, 0.29) is 36.4 Å². The minimum absolute atomic E-state index is 0.0332. The van der Waals surface area contributed by atoms with E-state index < -0.39 is 10.0 Å². The fraction of sp³-hybridized carbons (Fsp3) is 0.562. The van der Waals surface area contributed by atoms with Crippen molar-refractivity contribution in [2.24, 2.45) is 5.92 Å². The predicted octanol–water partition coefficient (Wildman–Crippen LogP) is 1.36. The van der Waals surface area contributed by atoms with E-state index >= 15 is 0 Å². The van der Waals surface area contributed by atoms with Crippen LogP contribution >= 0.6 is 15.9 Å². The third kappa shape index (κ3) is 4.93. The molecule has 1 aromatic rings. The number of hydrogen-bond donors (Lipinski definition) is 2. The molecule has 0 aromatic heterocycles. The first-order valence-corrected chi connectivity index (χ1v) is 10.4. The van der Waals surface area contributed by atoms with Crippen molar-refractivity contribution >= 4 is 31.9 Å². The maximum absolute atomic E-state index is 12.9. The second-order valence-corrected chi connectivity index (χ2v) is 8.66. The van der Waals surface area contributed by atoms with Gasteiger partial charge < -0.3 is 15.2 Å². The molecule has 140 valence electrons. The standard InChI is InChI=1S/C16H23BrN2O5S/c1-24-14-4-3-13(17)11-15(14)25(22,23)19-8-5-12(6-9-19)16(21)18-7-2-10-20/h3-4,11-12,20H,2,5-10H2,1H3,(H,18,21). The molecule has 0 bridgehead atoms. The number of nitrogens with one attached hydrogen (secondary N) is 1. The molecular formula is C16H23BrN2O5S. The number of piperidine rings is 1. The van der Waals surface area contributed by atoms with Crippen molar-refractivity contribution in [2.75, 3.05) is 33.4 Å². The summed E-state index contributed by atoms with van der Waals surface area (Å²) in [5.74, 6) is 0.0205. The topological polar surface area (TPSA) is 95.9 Å². The monoisotopic (exact) mass is 434 g/mol. The molecule has 7 nitrogen and oxygen atoms in total. The fourth-order valence-electron chi connectivity index (χ4n) is 2.78. The summed E-state index contributed by atoms with van der Waals surface area (Å²) < 4.78 is 33.0. The molecule has 1 amide bonds. The normalized spacial score (nSPS) is 16.6. The van der Waals surface area contributed by atoms with Crippen molar-refractivity contribution in [3.05, 3.63) is 22.7 Å². The van der Waals surface area contributed by atoms with Gasteiger partial charge in [0.1, 0.15) is 10.6 Å². The Bertz CT molecular complexity index is 702. The van der Waals surface area contributed by atoms with Crippen molar-refractivity contribution in [3.8, 4) is 5.75 Å². The number of amides is 1. The quantitative estimate of drug-likeness (QED) is 0.631. The molecular weight excluding hydrogens is 412 g/mol. The Labute approximate surface area is 156 Å². The first kappa shape index (κ1) is 20.2. The summed E-state index contributed by atoms with van der Waals surface area (Å²) in [5.41, 5.74) is 0. The number of aliphatic hydroxyl groups is 1. The summed E-state index contributed by atoms with van der Waals surface area (Å²) in [6.07, 6.45) is 1.46. The summed E-state index contributed by atoms with van der Waals surface area (Å²) in [6, 6.07) is 4.86. The Kier molecular flexibility index (Phi) is 7.24. The number of methoxy groups -OCH3 is 1. The molecule has 25 heavy (non-hydrogen) atoms. The average Bonchev–Trinajstić information content (AvgIpc) is 2.62. The molecule has 0 spiro atoms. The molecule has 1 heterocycles. The molecule has 0 atom stereocenters. The summed E-state index contributed by atoms with van der Waals surface area (Å²) in [5, 5.41) is 11.5. The van der Waals surface area contributed by atoms with E-state index in [1.54, 1.807) is 12.1 Å². The van der Waals surface area contributed by atoms with E-state index in [4.69, 9.17) is 9.84 Å². The van der Waals surface area contributed by atoms with Gasteiger partial charge in [-0.2, -0.15) is 4.31 Å². The van der Waals surface area contributed by atoms with Crippen LogP contribution in [-0.2, 0) is 14.8 Å². The van der Waals surface area contributed by atoms with Gasteiger partial charge in [0.25, 0.3) is 0 Å². The predicted molar refractivity (Wildman–Crippen MR) is 96.9 cm³/mol. The number of hydrogen-bond acceptors (Lipinski definition) is 5. The number of carbonyl (C=O) groups excluding carboxylic acids is 1. The van der Waals surface area contributed by atoms with Crippen LogP contribution in [-0.4, -0.2) is 57.1 Å². The van der Waals surface area contributed by atoms with Crippen LogP contribution in [0.1, 0.15) is 19.3 Å². The lowest BCUT2D eigenvalue weighted by atomic mass is 9.97. The molecule has 1 aliphatic rings. The van der Waals surface area contributed by atoms with Gasteiger partial charge in [-0.05, 0) is 37.5 Å². The van der Waals surface area contributed by atoms with E-state index in [9.17, 15) is 13.2 Å². The van der Waals surface area contributed by atoms with Crippen LogP contribution in [0.4, 0.5) is 0 Å². The highest BCUT2D eigenvalue weighted by atomic mass is 79.9. The maximum atomic E-state index is 12.9.